The summed E-state index contributed by atoms with van der Waals surface area (Å²) in [5.41, 5.74) is 2.47. The van der Waals surface area contributed by atoms with Crippen LogP contribution in [0.5, 0.6) is 0 Å². The summed E-state index contributed by atoms with van der Waals surface area (Å²) in [5.74, 6) is 1.56. The Kier molecular flexibility index (Phi) is 20.6. The van der Waals surface area contributed by atoms with Gasteiger partial charge in [-0.2, -0.15) is 8.78 Å². The number of esters is 1. The predicted molar refractivity (Wildman–Crippen MR) is 136 cm³/mol. The van der Waals surface area contributed by atoms with Gasteiger partial charge in [-0.1, -0.05) is 68.6 Å². The molecule has 2 N–H and O–H groups in total. The van der Waals surface area contributed by atoms with Crippen molar-refractivity contribution in [3.63, 3.8) is 0 Å². The van der Waals surface area contributed by atoms with Crippen LogP contribution in [0, 0.1) is 17.8 Å². The SMILES string of the molecule is CC.CCOC(=O)[C@@H]1c2cc(Br)ccc2C[C@@H]1CC(C)CC(C)C.CNSC.OC(F)F. The Morgan fingerprint density at radius 3 is 2.28 bits per heavy atom. The Labute approximate surface area is 206 Å². The van der Waals surface area contributed by atoms with E-state index in [2.05, 4.69) is 59.6 Å². The van der Waals surface area contributed by atoms with Crippen molar-refractivity contribution in [1.29, 1.82) is 0 Å². The van der Waals surface area contributed by atoms with E-state index in [1.807, 2.05) is 34.1 Å². The van der Waals surface area contributed by atoms with E-state index in [1.54, 1.807) is 11.9 Å². The fourth-order valence-electron chi connectivity index (χ4n) is 3.88. The highest BCUT2D eigenvalue weighted by atomic mass is 79.9. The number of aliphatic hydroxyl groups excluding tert-OH is 1. The summed E-state index contributed by atoms with van der Waals surface area (Å²) in [6.45, 7) is 10.00. The molecule has 0 aliphatic heterocycles. The van der Waals surface area contributed by atoms with Crippen molar-refractivity contribution in [3.05, 3.63) is 33.8 Å². The molecule has 0 fully saturated rings. The first-order valence-electron chi connectivity index (χ1n) is 11.2. The van der Waals surface area contributed by atoms with Crippen molar-refractivity contribution in [3.8, 4) is 0 Å². The number of halogens is 3. The van der Waals surface area contributed by atoms with E-state index in [-0.39, 0.29) is 11.9 Å². The van der Waals surface area contributed by atoms with Crippen molar-refractivity contribution in [2.75, 3.05) is 19.9 Å². The van der Waals surface area contributed by atoms with Gasteiger partial charge in [-0.05, 0) is 80.5 Å². The molecule has 1 aliphatic rings. The van der Waals surface area contributed by atoms with Gasteiger partial charge in [0.25, 0.3) is 0 Å². The smallest absolute Gasteiger partial charge is 0.342 e. The highest BCUT2D eigenvalue weighted by molar-refractivity contribution is 9.10. The molecule has 2 rings (SSSR count). The minimum atomic E-state index is -3.17. The minimum absolute atomic E-state index is 0.0545. The van der Waals surface area contributed by atoms with Crippen LogP contribution in [0.2, 0.25) is 0 Å². The highest BCUT2D eigenvalue weighted by Crippen LogP contribution is 2.43. The molecule has 0 amide bonds. The molecule has 188 valence electrons. The van der Waals surface area contributed by atoms with Crippen LogP contribution in [-0.2, 0) is 16.0 Å². The number of hydrogen-bond acceptors (Lipinski definition) is 5. The number of rotatable bonds is 7. The summed E-state index contributed by atoms with van der Waals surface area (Å²) in [6, 6.07) is 6.32. The van der Waals surface area contributed by atoms with Gasteiger partial charge in [0.05, 0.1) is 12.5 Å². The number of ether oxygens (including phenoxy) is 1. The lowest BCUT2D eigenvalue weighted by Gasteiger charge is -2.23. The molecule has 8 heteroatoms. The van der Waals surface area contributed by atoms with Gasteiger partial charge < -0.3 is 9.84 Å². The lowest BCUT2D eigenvalue weighted by Crippen LogP contribution is -2.22. The van der Waals surface area contributed by atoms with Crippen LogP contribution in [0.15, 0.2) is 22.7 Å². The quantitative estimate of drug-likeness (QED) is 0.286. The number of aliphatic hydroxyl groups is 1. The van der Waals surface area contributed by atoms with E-state index in [0.717, 1.165) is 22.9 Å². The van der Waals surface area contributed by atoms with Gasteiger partial charge in [0, 0.05) is 4.47 Å². The summed E-state index contributed by atoms with van der Waals surface area (Å²) in [4.78, 5) is 12.5. The Morgan fingerprint density at radius 1 is 1.31 bits per heavy atom. The fourth-order valence-corrected chi connectivity index (χ4v) is 4.26. The molecule has 32 heavy (non-hydrogen) atoms. The van der Waals surface area contributed by atoms with E-state index < -0.39 is 6.61 Å². The van der Waals surface area contributed by atoms with Crippen molar-refractivity contribution < 1.29 is 23.4 Å². The van der Waals surface area contributed by atoms with E-state index in [9.17, 15) is 13.6 Å². The summed E-state index contributed by atoms with van der Waals surface area (Å²) < 4.78 is 29.0. The van der Waals surface area contributed by atoms with E-state index in [0.29, 0.717) is 24.4 Å². The van der Waals surface area contributed by atoms with Crippen LogP contribution in [0.1, 0.15) is 71.4 Å². The average molecular weight is 543 g/mol. The molecule has 0 saturated carbocycles. The molecule has 4 nitrogen and oxygen atoms in total. The monoisotopic (exact) mass is 541 g/mol. The molecule has 0 aromatic heterocycles. The van der Waals surface area contributed by atoms with Crippen LogP contribution in [0.4, 0.5) is 8.78 Å². The Hall–Kier alpha value is -0.700. The molecule has 0 radical (unpaired) electrons. The first kappa shape index (κ1) is 33.5. The maximum atomic E-state index is 12.5. The van der Waals surface area contributed by atoms with Crippen molar-refractivity contribution in [2.24, 2.45) is 17.8 Å². The largest absolute Gasteiger partial charge is 0.466 e. The zero-order valence-electron chi connectivity index (χ0n) is 20.8. The lowest BCUT2D eigenvalue weighted by molar-refractivity contribution is -0.146. The summed E-state index contributed by atoms with van der Waals surface area (Å²) in [5, 5.41) is 6.72. The highest BCUT2D eigenvalue weighted by Gasteiger charge is 2.39. The van der Waals surface area contributed by atoms with Crippen LogP contribution < -0.4 is 4.72 Å². The van der Waals surface area contributed by atoms with Gasteiger partial charge in [-0.3, -0.25) is 9.52 Å². The second kappa shape index (κ2) is 19.7. The topological polar surface area (TPSA) is 58.6 Å². The number of hydrogen-bond donors (Lipinski definition) is 2. The number of carbonyl (C=O) groups excluding carboxylic acids is 1. The molecule has 3 atom stereocenters. The van der Waals surface area contributed by atoms with E-state index >= 15 is 0 Å². The number of nitrogens with one attached hydrogen (secondary N) is 1. The third kappa shape index (κ3) is 14.4. The average Bonchev–Trinajstić information content (AvgIpc) is 3.05. The van der Waals surface area contributed by atoms with Gasteiger partial charge in [0.2, 0.25) is 0 Å². The Balaban J connectivity index is 0. The molecule has 0 heterocycles. The third-order valence-corrected chi connectivity index (χ3v) is 5.62. The molecule has 1 unspecified atom stereocenters. The molecular formula is C24H42BrF2NO3S. The van der Waals surface area contributed by atoms with Crippen LogP contribution in [0.3, 0.4) is 0 Å². The van der Waals surface area contributed by atoms with Crippen LogP contribution >= 0.6 is 27.9 Å². The van der Waals surface area contributed by atoms with E-state index in [4.69, 9.17) is 9.84 Å². The van der Waals surface area contributed by atoms with Gasteiger partial charge in [0.15, 0.2) is 0 Å². The molecular weight excluding hydrogens is 500 g/mol. The second-order valence-electron chi connectivity index (χ2n) is 7.69. The molecule has 0 spiro atoms. The van der Waals surface area contributed by atoms with E-state index in [1.165, 1.54) is 12.0 Å². The van der Waals surface area contributed by atoms with Crippen LogP contribution in [0.25, 0.3) is 0 Å². The fraction of sp³-hybridized carbons (Fsp3) is 0.708. The van der Waals surface area contributed by atoms with Gasteiger partial charge >= 0.3 is 12.6 Å². The summed E-state index contributed by atoms with van der Waals surface area (Å²) in [7, 11) is 1.89. The van der Waals surface area contributed by atoms with Gasteiger partial charge in [-0.15, -0.1) is 0 Å². The first-order chi connectivity index (χ1) is 15.1. The lowest BCUT2D eigenvalue weighted by atomic mass is 9.83. The molecule has 0 saturated heterocycles. The summed E-state index contributed by atoms with van der Waals surface area (Å²) >= 11 is 5.14. The van der Waals surface area contributed by atoms with Gasteiger partial charge in [-0.25, -0.2) is 0 Å². The number of fused-ring (bicyclic) bond motifs is 1. The predicted octanol–water partition coefficient (Wildman–Crippen LogP) is 7.05. The molecule has 1 aromatic carbocycles. The second-order valence-corrected chi connectivity index (χ2v) is 9.43. The molecule has 1 aliphatic carbocycles. The van der Waals surface area contributed by atoms with Gasteiger partial charge in [0.1, 0.15) is 0 Å². The summed E-state index contributed by atoms with van der Waals surface area (Å²) in [6.07, 6.45) is 5.29. The molecule has 1 aromatic rings. The first-order valence-corrected chi connectivity index (χ1v) is 13.2. The zero-order chi connectivity index (χ0) is 25.3. The van der Waals surface area contributed by atoms with Crippen LogP contribution in [-0.4, -0.2) is 37.6 Å². The Bertz CT molecular complexity index is 616. The minimum Gasteiger partial charge on any atom is -0.466 e. The Morgan fingerprint density at radius 2 is 1.84 bits per heavy atom. The normalized spacial score (nSPS) is 17.2. The number of carbonyl (C=O) groups is 1. The van der Waals surface area contributed by atoms with Crippen molar-refractivity contribution in [2.45, 2.75) is 73.3 Å². The van der Waals surface area contributed by atoms with Crippen molar-refractivity contribution in [1.82, 2.24) is 4.72 Å². The number of alkyl halides is 2. The zero-order valence-corrected chi connectivity index (χ0v) is 23.2. The molecule has 0 bridgehead atoms. The number of benzene rings is 1. The third-order valence-electron chi connectivity index (χ3n) is 4.72. The standard InChI is InChI=1S/C19H27BrO2.C2H7NS.C2H6.CH2F2O/c1-5-22-19(21)18-15(9-13(4)8-12(2)3)10-14-6-7-16(20)11-17(14)18;1-3-4-2;1-2;2-1(3)4/h6-7,11-13,15,18H,5,8-10H2,1-4H3;3H,1-2H3;1-2H3;1,4H/t13?,15-,18-;;;/m0.../s1. The van der Waals surface area contributed by atoms with Crippen molar-refractivity contribution >= 4 is 33.8 Å². The maximum Gasteiger partial charge on any atom is 0.342 e. The maximum absolute atomic E-state index is 12.5.